The van der Waals surface area contributed by atoms with Gasteiger partial charge in [0.1, 0.15) is 0 Å². The summed E-state index contributed by atoms with van der Waals surface area (Å²) in [5.74, 6) is -0.669. The number of piperidine rings is 1. The highest BCUT2D eigenvalue weighted by Gasteiger charge is 2.26. The molecule has 1 aliphatic rings. The van der Waals surface area contributed by atoms with Gasteiger partial charge in [-0.1, -0.05) is 36.8 Å². The summed E-state index contributed by atoms with van der Waals surface area (Å²) < 4.78 is 0. The van der Waals surface area contributed by atoms with Gasteiger partial charge in [0.15, 0.2) is 0 Å². The van der Waals surface area contributed by atoms with Crippen molar-refractivity contribution in [1.82, 2.24) is 4.90 Å². The van der Waals surface area contributed by atoms with Crippen LogP contribution in [0.5, 0.6) is 0 Å². The normalized spacial score (nSPS) is 21.1. The number of aliphatic carboxylic acids is 1. The number of likely N-dealkylation sites (tertiary alicyclic amines) is 1. The third kappa shape index (κ3) is 5.16. The smallest absolute Gasteiger partial charge is 0.303 e. The van der Waals surface area contributed by atoms with Gasteiger partial charge in [0.25, 0.3) is 0 Å². The van der Waals surface area contributed by atoms with Crippen molar-refractivity contribution >= 4 is 5.97 Å². The molecular formula is C18H27NO2. The fourth-order valence-corrected chi connectivity index (χ4v) is 3.39. The average Bonchev–Trinajstić information content (AvgIpc) is 2.52. The molecule has 0 amide bonds. The predicted octanol–water partition coefficient (Wildman–Crippen LogP) is 3.73. The van der Waals surface area contributed by atoms with Gasteiger partial charge in [0.2, 0.25) is 0 Å². The van der Waals surface area contributed by atoms with E-state index < -0.39 is 5.97 Å². The summed E-state index contributed by atoms with van der Waals surface area (Å²) in [5, 5.41) is 8.90. The number of carbonyl (C=O) groups is 1. The Kier molecular flexibility index (Phi) is 6.24. The van der Waals surface area contributed by atoms with Crippen molar-refractivity contribution in [1.29, 1.82) is 0 Å². The molecular weight excluding hydrogens is 262 g/mol. The zero-order valence-electron chi connectivity index (χ0n) is 13.0. The Bertz CT molecular complexity index is 432. The first-order valence-electron chi connectivity index (χ1n) is 8.18. The summed E-state index contributed by atoms with van der Waals surface area (Å²) in [6.45, 7) is 3.42. The molecule has 2 unspecified atom stereocenters. The Morgan fingerprint density at radius 3 is 2.81 bits per heavy atom. The minimum atomic E-state index is -0.669. The van der Waals surface area contributed by atoms with E-state index in [1.165, 1.54) is 18.4 Å². The van der Waals surface area contributed by atoms with Crippen molar-refractivity contribution in [2.45, 2.75) is 64.0 Å². The fraction of sp³-hybridized carbons (Fsp3) is 0.611. The van der Waals surface area contributed by atoms with E-state index in [2.05, 4.69) is 42.2 Å². The number of carboxylic acids is 1. The molecule has 1 aromatic carbocycles. The maximum Gasteiger partial charge on any atom is 0.303 e. The lowest BCUT2D eigenvalue weighted by molar-refractivity contribution is -0.137. The van der Waals surface area contributed by atoms with Crippen LogP contribution >= 0.6 is 0 Å². The number of hydrogen-bond donors (Lipinski definition) is 1. The van der Waals surface area contributed by atoms with Crippen LogP contribution < -0.4 is 0 Å². The van der Waals surface area contributed by atoms with Crippen molar-refractivity contribution in [3.05, 3.63) is 35.9 Å². The summed E-state index contributed by atoms with van der Waals surface area (Å²) in [5.41, 5.74) is 1.39. The standard InChI is InChI=1S/C18H27NO2/c1-15(10-11-16-7-3-2-4-8-16)19-14-6-5-9-17(19)12-13-18(20)21/h2-4,7-8,15,17H,5-6,9-14H2,1H3,(H,20,21). The van der Waals surface area contributed by atoms with Crippen LogP contribution in [0.4, 0.5) is 0 Å². The third-order valence-corrected chi connectivity index (χ3v) is 4.62. The van der Waals surface area contributed by atoms with E-state index in [9.17, 15) is 4.79 Å². The molecule has 1 saturated heterocycles. The van der Waals surface area contributed by atoms with Gasteiger partial charge in [-0.2, -0.15) is 0 Å². The molecule has 2 rings (SSSR count). The summed E-state index contributed by atoms with van der Waals surface area (Å²) in [6, 6.07) is 11.6. The molecule has 21 heavy (non-hydrogen) atoms. The molecule has 0 bridgehead atoms. The first kappa shape index (κ1) is 16.0. The van der Waals surface area contributed by atoms with Gasteiger partial charge in [-0.05, 0) is 51.1 Å². The molecule has 3 nitrogen and oxygen atoms in total. The van der Waals surface area contributed by atoms with Crippen molar-refractivity contribution in [3.63, 3.8) is 0 Å². The Balaban J connectivity index is 1.85. The lowest BCUT2D eigenvalue weighted by Crippen LogP contribution is -2.45. The summed E-state index contributed by atoms with van der Waals surface area (Å²) in [4.78, 5) is 13.4. The summed E-state index contributed by atoms with van der Waals surface area (Å²) >= 11 is 0. The summed E-state index contributed by atoms with van der Waals surface area (Å²) in [7, 11) is 0. The highest BCUT2D eigenvalue weighted by atomic mass is 16.4. The van der Waals surface area contributed by atoms with Crippen molar-refractivity contribution < 1.29 is 9.90 Å². The SMILES string of the molecule is CC(CCc1ccccc1)N1CCCCC1CCC(=O)O. The van der Waals surface area contributed by atoms with Gasteiger partial charge in [-0.25, -0.2) is 0 Å². The van der Waals surface area contributed by atoms with Crippen molar-refractivity contribution in [2.75, 3.05) is 6.54 Å². The Hall–Kier alpha value is -1.35. The molecule has 0 spiro atoms. The average molecular weight is 289 g/mol. The second kappa shape index (κ2) is 8.18. The molecule has 1 heterocycles. The molecule has 0 saturated carbocycles. The van der Waals surface area contributed by atoms with Gasteiger partial charge in [0.05, 0.1) is 0 Å². The fourth-order valence-electron chi connectivity index (χ4n) is 3.39. The van der Waals surface area contributed by atoms with E-state index in [4.69, 9.17) is 5.11 Å². The van der Waals surface area contributed by atoms with E-state index in [-0.39, 0.29) is 0 Å². The highest BCUT2D eigenvalue weighted by molar-refractivity contribution is 5.66. The first-order chi connectivity index (χ1) is 10.2. The van der Waals surface area contributed by atoms with E-state index in [0.717, 1.165) is 32.2 Å². The molecule has 0 radical (unpaired) electrons. The van der Waals surface area contributed by atoms with Gasteiger partial charge in [0, 0.05) is 18.5 Å². The van der Waals surface area contributed by atoms with E-state index >= 15 is 0 Å². The van der Waals surface area contributed by atoms with Crippen LogP contribution in [0.15, 0.2) is 30.3 Å². The molecule has 3 heteroatoms. The second-order valence-corrected chi connectivity index (χ2v) is 6.19. The lowest BCUT2D eigenvalue weighted by atomic mass is 9.94. The van der Waals surface area contributed by atoms with Crippen molar-refractivity contribution in [3.8, 4) is 0 Å². The van der Waals surface area contributed by atoms with Crippen LogP contribution in [0.3, 0.4) is 0 Å². The molecule has 0 aliphatic carbocycles. The van der Waals surface area contributed by atoms with Crippen LogP contribution in [0, 0.1) is 0 Å². The zero-order valence-corrected chi connectivity index (χ0v) is 13.0. The van der Waals surface area contributed by atoms with Crippen LogP contribution in [0.2, 0.25) is 0 Å². The van der Waals surface area contributed by atoms with Gasteiger partial charge >= 0.3 is 5.97 Å². The predicted molar refractivity (Wildman–Crippen MR) is 85.4 cm³/mol. The molecule has 1 N–H and O–H groups in total. The minimum Gasteiger partial charge on any atom is -0.481 e. The zero-order chi connectivity index (χ0) is 15.1. The second-order valence-electron chi connectivity index (χ2n) is 6.19. The van der Waals surface area contributed by atoms with E-state index in [1.54, 1.807) is 0 Å². The maximum atomic E-state index is 10.8. The van der Waals surface area contributed by atoms with Crippen LogP contribution in [-0.2, 0) is 11.2 Å². The monoisotopic (exact) mass is 289 g/mol. The first-order valence-corrected chi connectivity index (χ1v) is 8.18. The number of benzene rings is 1. The lowest BCUT2D eigenvalue weighted by Gasteiger charge is -2.40. The van der Waals surface area contributed by atoms with Crippen LogP contribution in [0.1, 0.15) is 51.0 Å². The molecule has 2 atom stereocenters. The van der Waals surface area contributed by atoms with Gasteiger partial charge < -0.3 is 5.11 Å². The topological polar surface area (TPSA) is 40.5 Å². The molecule has 1 aromatic rings. The molecule has 116 valence electrons. The third-order valence-electron chi connectivity index (χ3n) is 4.62. The van der Waals surface area contributed by atoms with E-state index in [0.29, 0.717) is 18.5 Å². The van der Waals surface area contributed by atoms with E-state index in [1.807, 2.05) is 0 Å². The largest absolute Gasteiger partial charge is 0.481 e. The Labute approximate surface area is 128 Å². The van der Waals surface area contributed by atoms with Crippen LogP contribution in [0.25, 0.3) is 0 Å². The molecule has 1 fully saturated rings. The molecule has 1 aliphatic heterocycles. The highest BCUT2D eigenvalue weighted by Crippen LogP contribution is 2.24. The quantitative estimate of drug-likeness (QED) is 0.831. The maximum absolute atomic E-state index is 10.8. The van der Waals surface area contributed by atoms with Gasteiger partial charge in [-0.15, -0.1) is 0 Å². The number of hydrogen-bond acceptors (Lipinski definition) is 2. The van der Waals surface area contributed by atoms with Crippen LogP contribution in [-0.4, -0.2) is 34.6 Å². The number of rotatable bonds is 7. The van der Waals surface area contributed by atoms with Gasteiger partial charge in [-0.3, -0.25) is 9.69 Å². The number of aryl methyl sites for hydroxylation is 1. The van der Waals surface area contributed by atoms with Crippen molar-refractivity contribution in [2.24, 2.45) is 0 Å². The Morgan fingerprint density at radius 1 is 1.33 bits per heavy atom. The molecule has 0 aromatic heterocycles. The number of nitrogens with zero attached hydrogens (tertiary/aromatic N) is 1. The Morgan fingerprint density at radius 2 is 2.10 bits per heavy atom. The number of carboxylic acid groups (broad SMARTS) is 1. The summed E-state index contributed by atoms with van der Waals surface area (Å²) in [6.07, 6.45) is 6.99. The minimum absolute atomic E-state index is 0.298.